The molecule has 0 N–H and O–H groups in total. The molecule has 2 aliphatic rings. The molecule has 0 bridgehead atoms. The van der Waals surface area contributed by atoms with Crippen LogP contribution in [0.5, 0.6) is 0 Å². The van der Waals surface area contributed by atoms with Crippen molar-refractivity contribution in [3.63, 3.8) is 0 Å². The van der Waals surface area contributed by atoms with Crippen LogP contribution in [0.3, 0.4) is 0 Å². The Bertz CT molecular complexity index is 1200. The monoisotopic (exact) mass is 384 g/mol. The van der Waals surface area contributed by atoms with Crippen molar-refractivity contribution in [2.45, 2.75) is 16.3 Å². The highest BCUT2D eigenvalue weighted by molar-refractivity contribution is 7.99. The normalized spacial score (nSPS) is 14.7. The zero-order chi connectivity index (χ0) is 18.7. The van der Waals surface area contributed by atoms with Gasteiger partial charge >= 0.3 is 6.03 Å². The molecule has 0 fully saturated rings. The van der Waals surface area contributed by atoms with E-state index >= 15 is 0 Å². The van der Waals surface area contributed by atoms with Gasteiger partial charge in [0.15, 0.2) is 0 Å². The lowest BCUT2D eigenvalue weighted by atomic mass is 10.2. The van der Waals surface area contributed by atoms with Crippen LogP contribution in [0, 0.1) is 0 Å². The zero-order valence-electron chi connectivity index (χ0n) is 14.9. The van der Waals surface area contributed by atoms with Gasteiger partial charge in [-0.3, -0.25) is 9.80 Å². The fourth-order valence-corrected chi connectivity index (χ4v) is 5.06. The van der Waals surface area contributed by atoms with Crippen molar-refractivity contribution in [2.24, 2.45) is 0 Å². The van der Waals surface area contributed by atoms with E-state index in [1.807, 2.05) is 59.5 Å². The second kappa shape index (κ2) is 5.87. The highest BCUT2D eigenvalue weighted by Crippen LogP contribution is 2.48. The summed E-state index contributed by atoms with van der Waals surface area (Å²) in [7, 11) is 0. The van der Waals surface area contributed by atoms with Crippen molar-refractivity contribution in [3.8, 4) is 0 Å². The third-order valence-corrected chi connectivity index (χ3v) is 6.41. The molecule has 4 aromatic rings. The molecule has 3 aromatic carbocycles. The fourth-order valence-electron chi connectivity index (χ4n) is 4.00. The maximum Gasteiger partial charge on any atom is 0.336 e. The highest BCUT2D eigenvalue weighted by Gasteiger charge is 2.36. The second-order valence-corrected chi connectivity index (χ2v) is 7.94. The SMILES string of the molecule is O=C(N1CCn2c1nc1ccccc12)N1c2ccccc2Sc2ccccc21. The van der Waals surface area contributed by atoms with Crippen molar-refractivity contribution < 1.29 is 4.79 Å². The molecule has 2 aliphatic heterocycles. The summed E-state index contributed by atoms with van der Waals surface area (Å²) < 4.78 is 2.13. The van der Waals surface area contributed by atoms with Gasteiger partial charge in [0.2, 0.25) is 5.95 Å². The first-order chi connectivity index (χ1) is 13.8. The minimum absolute atomic E-state index is 0.0609. The van der Waals surface area contributed by atoms with E-state index in [-0.39, 0.29) is 6.03 Å². The van der Waals surface area contributed by atoms with E-state index in [1.54, 1.807) is 16.7 Å². The molecule has 0 saturated carbocycles. The standard InChI is InChI=1S/C22H16N4OS/c27-22(25-14-13-24-16-8-2-1-7-15(16)23-21(24)25)26-17-9-3-5-11-19(17)28-20-12-6-4-10-18(20)26/h1-12H,13-14H2. The molecule has 5 nitrogen and oxygen atoms in total. The molecule has 0 unspecified atom stereocenters. The Kier molecular flexibility index (Phi) is 3.31. The van der Waals surface area contributed by atoms with Crippen LogP contribution in [-0.2, 0) is 6.54 Å². The van der Waals surface area contributed by atoms with Crippen molar-refractivity contribution in [3.05, 3.63) is 72.8 Å². The van der Waals surface area contributed by atoms with Crippen molar-refractivity contribution >= 4 is 46.1 Å². The van der Waals surface area contributed by atoms with E-state index in [1.165, 1.54) is 0 Å². The molecule has 1 aromatic heterocycles. The minimum Gasteiger partial charge on any atom is -0.308 e. The minimum atomic E-state index is -0.0609. The molecule has 0 atom stereocenters. The smallest absolute Gasteiger partial charge is 0.308 e. The maximum absolute atomic E-state index is 13.8. The van der Waals surface area contributed by atoms with Gasteiger partial charge in [-0.25, -0.2) is 9.78 Å². The van der Waals surface area contributed by atoms with E-state index < -0.39 is 0 Å². The van der Waals surface area contributed by atoms with E-state index in [9.17, 15) is 4.79 Å². The molecule has 136 valence electrons. The number of fused-ring (bicyclic) bond motifs is 5. The number of urea groups is 1. The quantitative estimate of drug-likeness (QED) is 0.414. The first kappa shape index (κ1) is 15.8. The third-order valence-electron chi connectivity index (χ3n) is 5.28. The molecule has 6 heteroatoms. The van der Waals surface area contributed by atoms with E-state index in [2.05, 4.69) is 22.8 Å². The van der Waals surface area contributed by atoms with Crippen LogP contribution in [-0.4, -0.2) is 22.1 Å². The van der Waals surface area contributed by atoms with Gasteiger partial charge in [0.1, 0.15) is 0 Å². The fraction of sp³-hybridized carbons (Fsp3) is 0.0909. The predicted molar refractivity (Wildman–Crippen MR) is 112 cm³/mol. The summed E-state index contributed by atoms with van der Waals surface area (Å²) in [6.45, 7) is 1.38. The summed E-state index contributed by atoms with van der Waals surface area (Å²) in [4.78, 5) is 24.3. The molecule has 2 amide bonds. The zero-order valence-corrected chi connectivity index (χ0v) is 15.8. The molecule has 0 saturated heterocycles. The van der Waals surface area contributed by atoms with Gasteiger partial charge in [-0.2, -0.15) is 0 Å². The Hall–Kier alpha value is -3.25. The molecule has 3 heterocycles. The van der Waals surface area contributed by atoms with Gasteiger partial charge in [-0.1, -0.05) is 48.2 Å². The molecule has 0 aliphatic carbocycles. The van der Waals surface area contributed by atoms with Crippen LogP contribution in [0.2, 0.25) is 0 Å². The van der Waals surface area contributed by atoms with Gasteiger partial charge in [0.05, 0.1) is 22.4 Å². The molecule has 0 radical (unpaired) electrons. The molecule has 28 heavy (non-hydrogen) atoms. The number of benzene rings is 3. The summed E-state index contributed by atoms with van der Waals surface area (Å²) in [5.74, 6) is 0.722. The number of amides is 2. The summed E-state index contributed by atoms with van der Waals surface area (Å²) >= 11 is 1.70. The number of hydrogen-bond donors (Lipinski definition) is 0. The first-order valence-corrected chi connectivity index (χ1v) is 10.1. The number of para-hydroxylation sites is 4. The molecular formula is C22H16N4OS. The Morgan fingerprint density at radius 3 is 2.21 bits per heavy atom. The van der Waals surface area contributed by atoms with Crippen LogP contribution >= 0.6 is 11.8 Å². The van der Waals surface area contributed by atoms with E-state index in [4.69, 9.17) is 4.98 Å². The van der Waals surface area contributed by atoms with Gasteiger partial charge in [0.25, 0.3) is 0 Å². The number of rotatable bonds is 0. The van der Waals surface area contributed by atoms with Crippen molar-refractivity contribution in [1.82, 2.24) is 9.55 Å². The Morgan fingerprint density at radius 2 is 1.46 bits per heavy atom. The third kappa shape index (κ3) is 2.15. The van der Waals surface area contributed by atoms with Crippen LogP contribution in [0.4, 0.5) is 22.1 Å². The average Bonchev–Trinajstić information content (AvgIpc) is 3.31. The topological polar surface area (TPSA) is 41.4 Å². The van der Waals surface area contributed by atoms with Gasteiger partial charge in [0, 0.05) is 22.9 Å². The van der Waals surface area contributed by atoms with E-state index in [0.29, 0.717) is 6.54 Å². The molecule has 6 rings (SSSR count). The Morgan fingerprint density at radius 1 is 0.821 bits per heavy atom. The van der Waals surface area contributed by atoms with Crippen LogP contribution < -0.4 is 9.80 Å². The van der Waals surface area contributed by atoms with E-state index in [0.717, 1.165) is 44.7 Å². The van der Waals surface area contributed by atoms with Crippen LogP contribution in [0.15, 0.2) is 82.6 Å². The second-order valence-electron chi connectivity index (χ2n) is 6.86. The largest absolute Gasteiger partial charge is 0.336 e. The average molecular weight is 384 g/mol. The summed E-state index contributed by atoms with van der Waals surface area (Å²) in [6.07, 6.45) is 0. The number of carbonyl (C=O) groups excluding carboxylic acids is 1. The number of hydrogen-bond acceptors (Lipinski definition) is 3. The summed E-state index contributed by atoms with van der Waals surface area (Å²) in [6, 6.07) is 24.1. The maximum atomic E-state index is 13.8. The number of carbonyl (C=O) groups is 1. The van der Waals surface area contributed by atoms with Gasteiger partial charge < -0.3 is 4.57 Å². The first-order valence-electron chi connectivity index (χ1n) is 9.24. The van der Waals surface area contributed by atoms with Gasteiger partial charge in [-0.05, 0) is 36.4 Å². The lowest BCUT2D eigenvalue weighted by Crippen LogP contribution is -2.41. The summed E-state index contributed by atoms with van der Waals surface area (Å²) in [5, 5.41) is 0. The summed E-state index contributed by atoms with van der Waals surface area (Å²) in [5.41, 5.74) is 3.84. The Labute approximate surface area is 166 Å². The molecular weight excluding hydrogens is 368 g/mol. The number of anilines is 3. The Balaban J connectivity index is 1.49. The molecule has 0 spiro atoms. The van der Waals surface area contributed by atoms with Gasteiger partial charge in [-0.15, -0.1) is 0 Å². The highest BCUT2D eigenvalue weighted by atomic mass is 32.2. The van der Waals surface area contributed by atoms with Crippen molar-refractivity contribution in [2.75, 3.05) is 16.3 Å². The van der Waals surface area contributed by atoms with Crippen molar-refractivity contribution in [1.29, 1.82) is 0 Å². The number of imidazole rings is 1. The lowest BCUT2D eigenvalue weighted by molar-refractivity contribution is 0.253. The van der Waals surface area contributed by atoms with Crippen LogP contribution in [0.1, 0.15) is 0 Å². The number of aromatic nitrogens is 2. The lowest BCUT2D eigenvalue weighted by Gasteiger charge is -2.33. The van der Waals surface area contributed by atoms with Crippen LogP contribution in [0.25, 0.3) is 11.0 Å². The predicted octanol–water partition coefficient (Wildman–Crippen LogP) is 5.28. The number of nitrogens with zero attached hydrogens (tertiary/aromatic N) is 4.